The first-order valence-corrected chi connectivity index (χ1v) is 9.03. The Hall–Kier alpha value is -1.51. The minimum absolute atomic E-state index is 0.229. The van der Waals surface area contributed by atoms with Crippen molar-refractivity contribution in [3.63, 3.8) is 0 Å². The maximum Gasteiger partial charge on any atom is 0.243 e. The number of amides is 1. The monoisotopic (exact) mass is 352 g/mol. The third-order valence-corrected chi connectivity index (χ3v) is 5.26. The van der Waals surface area contributed by atoms with Gasteiger partial charge in [-0.25, -0.2) is 0 Å². The van der Waals surface area contributed by atoms with Crippen LogP contribution < -0.4 is 0 Å². The molecule has 1 spiro atoms. The van der Waals surface area contributed by atoms with E-state index in [1.807, 2.05) is 4.90 Å². The van der Waals surface area contributed by atoms with Crippen molar-refractivity contribution in [3.05, 3.63) is 11.7 Å². The average Bonchev–Trinajstić information content (AvgIpc) is 3.23. The highest BCUT2D eigenvalue weighted by atomic mass is 16.5. The number of piperidine rings is 1. The average molecular weight is 352 g/mol. The van der Waals surface area contributed by atoms with E-state index < -0.39 is 5.54 Å². The van der Waals surface area contributed by atoms with Gasteiger partial charge in [0.2, 0.25) is 11.8 Å². The number of nitrogens with zero attached hydrogens (tertiary/aromatic N) is 4. The molecule has 2 aliphatic heterocycles. The molecule has 140 valence electrons. The normalized spacial score (nSPS) is 24.6. The van der Waals surface area contributed by atoms with Crippen LogP contribution in [0.5, 0.6) is 0 Å². The van der Waals surface area contributed by atoms with Gasteiger partial charge in [0.25, 0.3) is 0 Å². The summed E-state index contributed by atoms with van der Waals surface area (Å²) in [5, 5.41) is 4.00. The van der Waals surface area contributed by atoms with E-state index in [2.05, 4.69) is 15.0 Å². The first-order valence-electron chi connectivity index (χ1n) is 9.03. The molecular formula is C17H28N4O4. The van der Waals surface area contributed by atoms with Crippen LogP contribution in [0.4, 0.5) is 0 Å². The molecule has 8 heteroatoms. The topological polar surface area (TPSA) is 80.9 Å². The Bertz CT molecular complexity index is 579. The van der Waals surface area contributed by atoms with Crippen LogP contribution in [0, 0.1) is 0 Å². The predicted octanol–water partition coefficient (Wildman–Crippen LogP) is 0.862. The number of rotatable bonds is 8. The van der Waals surface area contributed by atoms with Gasteiger partial charge in [-0.1, -0.05) is 5.16 Å². The standard InChI is InChI=1S/C17H28N4O4/c1-23-11-5-14-18-15(25-19-14)13-21-9-4-7-17(21)6-3-8-20(16(17)22)10-12-24-2/h3-13H2,1-2H3. The lowest BCUT2D eigenvalue weighted by atomic mass is 9.85. The first kappa shape index (κ1) is 18.3. The number of likely N-dealkylation sites (tertiary alicyclic amines) is 2. The molecule has 1 atom stereocenters. The maximum absolute atomic E-state index is 13.1. The van der Waals surface area contributed by atoms with Crippen molar-refractivity contribution < 1.29 is 18.8 Å². The number of hydrogen-bond acceptors (Lipinski definition) is 7. The quantitative estimate of drug-likeness (QED) is 0.686. The van der Waals surface area contributed by atoms with Crippen molar-refractivity contribution in [1.82, 2.24) is 19.9 Å². The molecule has 2 saturated heterocycles. The molecule has 1 aromatic rings. The molecule has 1 amide bonds. The summed E-state index contributed by atoms with van der Waals surface area (Å²) in [5.74, 6) is 1.46. The Morgan fingerprint density at radius 2 is 1.92 bits per heavy atom. The molecule has 3 heterocycles. The summed E-state index contributed by atoms with van der Waals surface area (Å²) >= 11 is 0. The van der Waals surface area contributed by atoms with Crippen LogP contribution in [0.15, 0.2) is 4.52 Å². The van der Waals surface area contributed by atoms with Crippen LogP contribution >= 0.6 is 0 Å². The Morgan fingerprint density at radius 1 is 1.16 bits per heavy atom. The van der Waals surface area contributed by atoms with Crippen LogP contribution in [-0.2, 0) is 27.2 Å². The molecular weight excluding hydrogens is 324 g/mol. The molecule has 0 saturated carbocycles. The second-order valence-electron chi connectivity index (χ2n) is 6.79. The third kappa shape index (κ3) is 3.86. The molecule has 25 heavy (non-hydrogen) atoms. The van der Waals surface area contributed by atoms with Gasteiger partial charge < -0.3 is 18.9 Å². The summed E-state index contributed by atoms with van der Waals surface area (Å²) in [6.45, 7) is 4.05. The lowest BCUT2D eigenvalue weighted by Gasteiger charge is -2.44. The Balaban J connectivity index is 1.68. The zero-order valence-corrected chi connectivity index (χ0v) is 15.2. The van der Waals surface area contributed by atoms with E-state index in [1.54, 1.807) is 14.2 Å². The summed E-state index contributed by atoms with van der Waals surface area (Å²) in [6.07, 6.45) is 4.48. The molecule has 0 bridgehead atoms. The van der Waals surface area contributed by atoms with Crippen LogP contribution in [0.2, 0.25) is 0 Å². The molecule has 3 rings (SSSR count). The second-order valence-corrected chi connectivity index (χ2v) is 6.79. The summed E-state index contributed by atoms with van der Waals surface area (Å²) in [6, 6.07) is 0. The van der Waals surface area contributed by atoms with Crippen molar-refractivity contribution in [2.75, 3.05) is 47.1 Å². The fourth-order valence-electron chi connectivity index (χ4n) is 3.98. The SMILES string of the molecule is COCCc1noc(CN2CCCC23CCCN(CCOC)C3=O)n1. The smallest absolute Gasteiger partial charge is 0.243 e. The van der Waals surface area contributed by atoms with E-state index in [0.29, 0.717) is 44.4 Å². The number of hydrogen-bond donors (Lipinski definition) is 0. The fourth-order valence-corrected chi connectivity index (χ4v) is 3.98. The van der Waals surface area contributed by atoms with E-state index in [-0.39, 0.29) is 5.91 Å². The first-order chi connectivity index (χ1) is 12.2. The predicted molar refractivity (Wildman–Crippen MR) is 89.9 cm³/mol. The third-order valence-electron chi connectivity index (χ3n) is 5.26. The highest BCUT2D eigenvalue weighted by molar-refractivity contribution is 5.87. The lowest BCUT2D eigenvalue weighted by molar-refractivity contribution is -0.148. The lowest BCUT2D eigenvalue weighted by Crippen LogP contribution is -2.60. The van der Waals surface area contributed by atoms with Gasteiger partial charge in [0.1, 0.15) is 5.54 Å². The summed E-state index contributed by atoms with van der Waals surface area (Å²) in [5.41, 5.74) is -0.410. The largest absolute Gasteiger partial charge is 0.384 e. The Labute approximate surface area is 148 Å². The molecule has 0 aromatic carbocycles. The van der Waals surface area contributed by atoms with Gasteiger partial charge in [-0.05, 0) is 32.2 Å². The van der Waals surface area contributed by atoms with Crippen molar-refractivity contribution in [2.24, 2.45) is 0 Å². The second kappa shape index (κ2) is 8.25. The highest BCUT2D eigenvalue weighted by Gasteiger charge is 2.50. The number of carbonyl (C=O) groups excluding carboxylic acids is 1. The molecule has 0 radical (unpaired) electrons. The van der Waals surface area contributed by atoms with Gasteiger partial charge >= 0.3 is 0 Å². The van der Waals surface area contributed by atoms with Gasteiger partial charge in [-0.3, -0.25) is 9.69 Å². The molecule has 2 aliphatic rings. The van der Waals surface area contributed by atoms with E-state index in [4.69, 9.17) is 14.0 Å². The number of ether oxygens (including phenoxy) is 2. The van der Waals surface area contributed by atoms with Gasteiger partial charge in [-0.15, -0.1) is 0 Å². The molecule has 0 aliphatic carbocycles. The zero-order valence-electron chi connectivity index (χ0n) is 15.2. The minimum Gasteiger partial charge on any atom is -0.384 e. The van der Waals surface area contributed by atoms with E-state index in [1.165, 1.54) is 0 Å². The summed E-state index contributed by atoms with van der Waals surface area (Å²) in [4.78, 5) is 21.8. The van der Waals surface area contributed by atoms with Crippen molar-refractivity contribution in [1.29, 1.82) is 0 Å². The summed E-state index contributed by atoms with van der Waals surface area (Å²) in [7, 11) is 3.32. The molecule has 1 unspecified atom stereocenters. The van der Waals surface area contributed by atoms with Crippen molar-refractivity contribution in [2.45, 2.75) is 44.2 Å². The van der Waals surface area contributed by atoms with Gasteiger partial charge in [0, 0.05) is 33.7 Å². The summed E-state index contributed by atoms with van der Waals surface area (Å²) < 4.78 is 15.6. The van der Waals surface area contributed by atoms with E-state index in [9.17, 15) is 4.79 Å². The van der Waals surface area contributed by atoms with Crippen LogP contribution in [0.1, 0.15) is 37.4 Å². The fraction of sp³-hybridized carbons (Fsp3) is 0.824. The van der Waals surface area contributed by atoms with Gasteiger partial charge in [0.15, 0.2) is 5.82 Å². The van der Waals surface area contributed by atoms with E-state index in [0.717, 1.165) is 38.8 Å². The van der Waals surface area contributed by atoms with Gasteiger partial charge in [-0.2, -0.15) is 4.98 Å². The molecule has 2 fully saturated rings. The van der Waals surface area contributed by atoms with Crippen molar-refractivity contribution >= 4 is 5.91 Å². The van der Waals surface area contributed by atoms with Crippen LogP contribution in [-0.4, -0.2) is 78.5 Å². The van der Waals surface area contributed by atoms with E-state index >= 15 is 0 Å². The molecule has 0 N–H and O–H groups in total. The van der Waals surface area contributed by atoms with Crippen molar-refractivity contribution in [3.8, 4) is 0 Å². The minimum atomic E-state index is -0.410. The molecule has 1 aromatic heterocycles. The Kier molecular flexibility index (Phi) is 6.03. The number of aromatic nitrogens is 2. The zero-order chi connectivity index (χ0) is 17.7. The van der Waals surface area contributed by atoms with Gasteiger partial charge in [0.05, 0.1) is 19.8 Å². The molecule has 8 nitrogen and oxygen atoms in total. The van der Waals surface area contributed by atoms with Crippen LogP contribution in [0.25, 0.3) is 0 Å². The highest BCUT2D eigenvalue weighted by Crippen LogP contribution is 2.39. The maximum atomic E-state index is 13.1. The number of carbonyl (C=O) groups is 1. The number of methoxy groups -OCH3 is 2. The van der Waals surface area contributed by atoms with Crippen LogP contribution in [0.3, 0.4) is 0 Å². The Morgan fingerprint density at radius 3 is 2.68 bits per heavy atom.